The van der Waals surface area contributed by atoms with Crippen molar-refractivity contribution in [1.29, 1.82) is 0 Å². The van der Waals surface area contributed by atoms with Crippen molar-refractivity contribution >= 4 is 23.8 Å². The molecule has 0 fully saturated rings. The van der Waals surface area contributed by atoms with Gasteiger partial charge < -0.3 is 25.4 Å². The number of benzene rings is 1. The van der Waals surface area contributed by atoms with Crippen molar-refractivity contribution in [3.05, 3.63) is 23.8 Å². The molecule has 1 atom stereocenters. The van der Waals surface area contributed by atoms with Crippen LogP contribution in [0.25, 0.3) is 6.08 Å². The number of hydrogen-bond acceptors (Lipinski definition) is 6. The average molecular weight is 313 g/mol. The maximum Gasteiger partial charge on any atom is 0.321 e. The van der Waals surface area contributed by atoms with Crippen LogP contribution < -0.4 is 15.2 Å². The third-order valence-corrected chi connectivity index (χ3v) is 3.66. The molecule has 4 N–H and O–H groups in total. The van der Waals surface area contributed by atoms with Crippen LogP contribution in [0.3, 0.4) is 0 Å². The molecule has 0 amide bonds. The quantitative estimate of drug-likeness (QED) is 0.626. The van der Waals surface area contributed by atoms with Crippen molar-refractivity contribution in [2.45, 2.75) is 6.04 Å². The van der Waals surface area contributed by atoms with E-state index in [0.717, 1.165) is 5.56 Å². The van der Waals surface area contributed by atoms with E-state index in [0.29, 0.717) is 23.0 Å². The topological polar surface area (TPSA) is 102 Å². The number of aromatic hydroxyl groups is 1. The third kappa shape index (κ3) is 5.20. The summed E-state index contributed by atoms with van der Waals surface area (Å²) < 4.78 is 10.1. The Labute approximate surface area is 127 Å². The first-order chi connectivity index (χ1) is 9.99. The SMILES string of the molecule is COc1cc(C=CCSCC(N)C(=O)O)cc(OC)c1O. The van der Waals surface area contributed by atoms with Gasteiger partial charge in [0, 0.05) is 11.5 Å². The molecule has 0 saturated carbocycles. The van der Waals surface area contributed by atoms with E-state index in [9.17, 15) is 9.90 Å². The molecule has 1 aromatic carbocycles. The molecule has 116 valence electrons. The molecule has 0 bridgehead atoms. The van der Waals surface area contributed by atoms with Crippen LogP contribution in [0.1, 0.15) is 5.56 Å². The molecule has 7 heteroatoms. The van der Waals surface area contributed by atoms with Crippen molar-refractivity contribution in [3.63, 3.8) is 0 Å². The number of rotatable bonds is 8. The normalized spacial score (nSPS) is 12.3. The van der Waals surface area contributed by atoms with E-state index in [2.05, 4.69) is 0 Å². The van der Waals surface area contributed by atoms with Gasteiger partial charge in [-0.3, -0.25) is 4.79 Å². The van der Waals surface area contributed by atoms with Gasteiger partial charge in [0.15, 0.2) is 11.5 Å². The molecule has 21 heavy (non-hydrogen) atoms. The Morgan fingerprint density at radius 3 is 2.43 bits per heavy atom. The summed E-state index contributed by atoms with van der Waals surface area (Å²) in [7, 11) is 2.93. The minimum atomic E-state index is -1.00. The van der Waals surface area contributed by atoms with E-state index >= 15 is 0 Å². The van der Waals surface area contributed by atoms with Crippen molar-refractivity contribution in [2.24, 2.45) is 5.73 Å². The smallest absolute Gasteiger partial charge is 0.321 e. The minimum absolute atomic E-state index is 0.0426. The number of thioether (sulfide) groups is 1. The zero-order chi connectivity index (χ0) is 15.8. The van der Waals surface area contributed by atoms with E-state index in [4.69, 9.17) is 20.3 Å². The fourth-order valence-corrected chi connectivity index (χ4v) is 2.29. The van der Waals surface area contributed by atoms with Gasteiger partial charge in [-0.25, -0.2) is 0 Å². The third-order valence-electron chi connectivity index (χ3n) is 2.64. The number of phenols is 1. The van der Waals surface area contributed by atoms with Gasteiger partial charge in [0.25, 0.3) is 0 Å². The minimum Gasteiger partial charge on any atom is -0.502 e. The van der Waals surface area contributed by atoms with Crippen LogP contribution in [0.2, 0.25) is 0 Å². The summed E-state index contributed by atoms with van der Waals surface area (Å²) in [5.74, 6) is 0.594. The summed E-state index contributed by atoms with van der Waals surface area (Å²) in [6, 6.07) is 2.52. The van der Waals surface area contributed by atoms with Crippen LogP contribution in [0.15, 0.2) is 18.2 Å². The zero-order valence-electron chi connectivity index (χ0n) is 11.9. The summed E-state index contributed by atoms with van der Waals surface area (Å²) in [4.78, 5) is 10.5. The van der Waals surface area contributed by atoms with E-state index in [1.54, 1.807) is 12.1 Å². The molecular formula is C14H19NO5S. The number of hydrogen-bond donors (Lipinski definition) is 3. The van der Waals surface area contributed by atoms with Crippen molar-refractivity contribution in [1.82, 2.24) is 0 Å². The number of methoxy groups -OCH3 is 2. The summed E-state index contributed by atoms with van der Waals surface area (Å²) in [5.41, 5.74) is 6.21. The molecule has 0 radical (unpaired) electrons. The standard InChI is InChI=1S/C14H19NO5S/c1-19-11-6-9(7-12(20-2)13(11)16)4-3-5-21-8-10(15)14(17)18/h3-4,6-7,10,16H,5,8,15H2,1-2H3,(H,17,18). The first-order valence-corrected chi connectivity index (χ1v) is 7.32. The highest BCUT2D eigenvalue weighted by Gasteiger charge is 2.11. The fraction of sp³-hybridized carbons (Fsp3) is 0.357. The second-order valence-electron chi connectivity index (χ2n) is 4.16. The van der Waals surface area contributed by atoms with Gasteiger partial charge in [0.05, 0.1) is 14.2 Å². The highest BCUT2D eigenvalue weighted by molar-refractivity contribution is 7.99. The van der Waals surface area contributed by atoms with Crippen LogP contribution in [0, 0.1) is 0 Å². The maximum atomic E-state index is 10.5. The summed E-state index contributed by atoms with van der Waals surface area (Å²) in [6.07, 6.45) is 3.72. The molecule has 0 aliphatic rings. The number of ether oxygens (including phenoxy) is 2. The predicted octanol–water partition coefficient (Wildman–Crippen LogP) is 1.57. The molecule has 6 nitrogen and oxygen atoms in total. The first kappa shape index (κ1) is 17.2. The predicted molar refractivity (Wildman–Crippen MR) is 83.2 cm³/mol. The molecule has 0 aromatic heterocycles. The van der Waals surface area contributed by atoms with Crippen LogP contribution in [-0.4, -0.2) is 47.9 Å². The number of nitrogens with two attached hydrogens (primary N) is 1. The lowest BCUT2D eigenvalue weighted by atomic mass is 10.1. The van der Waals surface area contributed by atoms with Crippen molar-refractivity contribution in [3.8, 4) is 17.2 Å². The zero-order valence-corrected chi connectivity index (χ0v) is 12.7. The summed E-state index contributed by atoms with van der Waals surface area (Å²) >= 11 is 1.43. The summed E-state index contributed by atoms with van der Waals surface area (Å²) in [5, 5.41) is 18.4. The Hall–Kier alpha value is -1.86. The molecule has 1 unspecified atom stereocenters. The Kier molecular flexibility index (Phi) is 6.90. The molecule has 0 saturated heterocycles. The number of carbonyl (C=O) groups is 1. The molecule has 0 spiro atoms. The maximum absolute atomic E-state index is 10.5. The molecule has 0 heterocycles. The highest BCUT2D eigenvalue weighted by Crippen LogP contribution is 2.37. The van der Waals surface area contributed by atoms with Crippen molar-refractivity contribution in [2.75, 3.05) is 25.7 Å². The van der Waals surface area contributed by atoms with Crippen LogP contribution in [-0.2, 0) is 4.79 Å². The van der Waals surface area contributed by atoms with Gasteiger partial charge in [-0.1, -0.05) is 12.2 Å². The van der Waals surface area contributed by atoms with E-state index in [1.807, 2.05) is 12.2 Å². The van der Waals surface area contributed by atoms with Crippen LogP contribution >= 0.6 is 11.8 Å². The van der Waals surface area contributed by atoms with Gasteiger partial charge >= 0.3 is 5.97 Å². The molecule has 1 rings (SSSR count). The van der Waals surface area contributed by atoms with Crippen LogP contribution in [0.4, 0.5) is 0 Å². The van der Waals surface area contributed by atoms with Crippen LogP contribution in [0.5, 0.6) is 17.2 Å². The lowest BCUT2D eigenvalue weighted by molar-refractivity contribution is -0.137. The van der Waals surface area contributed by atoms with Gasteiger partial charge in [0.1, 0.15) is 6.04 Å². The van der Waals surface area contributed by atoms with E-state index in [1.165, 1.54) is 26.0 Å². The Morgan fingerprint density at radius 2 is 1.95 bits per heavy atom. The Bertz CT molecular complexity index is 493. The average Bonchev–Trinajstić information content (AvgIpc) is 2.47. The van der Waals surface area contributed by atoms with Gasteiger partial charge in [-0.2, -0.15) is 11.8 Å². The van der Waals surface area contributed by atoms with Gasteiger partial charge in [-0.05, 0) is 17.7 Å². The number of aliphatic carboxylic acids is 1. The van der Waals surface area contributed by atoms with E-state index in [-0.39, 0.29) is 5.75 Å². The largest absolute Gasteiger partial charge is 0.502 e. The molecular weight excluding hydrogens is 294 g/mol. The highest BCUT2D eigenvalue weighted by atomic mass is 32.2. The summed E-state index contributed by atoms with van der Waals surface area (Å²) in [6.45, 7) is 0. The second kappa shape index (κ2) is 8.43. The molecule has 1 aromatic rings. The molecule has 0 aliphatic carbocycles. The monoisotopic (exact) mass is 313 g/mol. The number of phenolic OH excluding ortho intramolecular Hbond substituents is 1. The Balaban J connectivity index is 2.62. The first-order valence-electron chi connectivity index (χ1n) is 6.17. The van der Waals surface area contributed by atoms with Gasteiger partial charge in [-0.15, -0.1) is 0 Å². The number of carboxylic acids is 1. The second-order valence-corrected chi connectivity index (χ2v) is 5.23. The van der Waals surface area contributed by atoms with Gasteiger partial charge in [0.2, 0.25) is 5.75 Å². The Morgan fingerprint density at radius 1 is 1.38 bits per heavy atom. The van der Waals surface area contributed by atoms with E-state index < -0.39 is 12.0 Å². The lowest BCUT2D eigenvalue weighted by Gasteiger charge is -2.09. The number of carboxylic acid groups (broad SMARTS) is 1. The lowest BCUT2D eigenvalue weighted by Crippen LogP contribution is -2.32. The van der Waals surface area contributed by atoms with Crippen molar-refractivity contribution < 1.29 is 24.5 Å². The fourth-order valence-electron chi connectivity index (χ4n) is 1.53. The molecule has 0 aliphatic heterocycles.